The first-order valence-electron chi connectivity index (χ1n) is 9.27. The molecule has 0 spiro atoms. The van der Waals surface area contributed by atoms with Gasteiger partial charge in [-0.2, -0.15) is 0 Å². The Hall–Kier alpha value is -2.46. The Morgan fingerprint density at radius 3 is 2.41 bits per heavy atom. The summed E-state index contributed by atoms with van der Waals surface area (Å²) in [6, 6.07) is 5.02. The number of amides is 1. The van der Waals surface area contributed by atoms with E-state index in [1.165, 1.54) is 11.6 Å². The lowest BCUT2D eigenvalue weighted by atomic mass is 10.0. The summed E-state index contributed by atoms with van der Waals surface area (Å²) in [7, 11) is 2.04. The van der Waals surface area contributed by atoms with Crippen LogP contribution >= 0.6 is 0 Å². The molecule has 0 aromatic heterocycles. The molecule has 1 aliphatic rings. The van der Waals surface area contributed by atoms with Gasteiger partial charge in [-0.05, 0) is 54.0 Å². The van der Waals surface area contributed by atoms with Crippen molar-refractivity contribution >= 4 is 6.41 Å². The standard InChI is InChI=1S/C12H17NO.C9H10FN.C2H6/c1-5-6-10(2)11(3)7-8-12(4)13-9-14;1-11-5-7-2-3-9(10)4-8(7)6-11;1-2/h7-9H,2-6H2,1H3,(H,13,14);2-4H,5-6H2,1H3;1-2H3/b8-7-;;. The predicted octanol–water partition coefficient (Wildman–Crippen LogP) is 5.51. The summed E-state index contributed by atoms with van der Waals surface area (Å²) in [5.74, 6) is -0.126. The zero-order chi connectivity index (χ0) is 20.8. The summed E-state index contributed by atoms with van der Waals surface area (Å²) in [5, 5.41) is 2.44. The van der Waals surface area contributed by atoms with Crippen LogP contribution in [0.2, 0.25) is 0 Å². The first-order chi connectivity index (χ1) is 12.9. The third-order valence-corrected chi connectivity index (χ3v) is 3.78. The smallest absolute Gasteiger partial charge is 0.211 e. The second kappa shape index (κ2) is 13.7. The first kappa shape index (κ1) is 24.5. The van der Waals surface area contributed by atoms with Crippen LogP contribution in [-0.2, 0) is 17.9 Å². The van der Waals surface area contributed by atoms with Gasteiger partial charge in [-0.15, -0.1) is 0 Å². The van der Waals surface area contributed by atoms with Crippen LogP contribution in [0, 0.1) is 5.82 Å². The number of halogens is 1. The quantitative estimate of drug-likeness (QED) is 0.505. The van der Waals surface area contributed by atoms with Crippen LogP contribution in [0.4, 0.5) is 4.39 Å². The molecule has 2 rings (SSSR count). The van der Waals surface area contributed by atoms with Gasteiger partial charge in [-0.1, -0.05) is 59.1 Å². The highest BCUT2D eigenvalue weighted by atomic mass is 19.1. The summed E-state index contributed by atoms with van der Waals surface area (Å²) in [4.78, 5) is 12.2. The third-order valence-electron chi connectivity index (χ3n) is 3.78. The van der Waals surface area contributed by atoms with Gasteiger partial charge in [0.15, 0.2) is 0 Å². The van der Waals surface area contributed by atoms with Gasteiger partial charge in [-0.25, -0.2) is 4.39 Å². The fourth-order valence-corrected chi connectivity index (χ4v) is 2.44. The van der Waals surface area contributed by atoms with E-state index in [0.29, 0.717) is 12.1 Å². The van der Waals surface area contributed by atoms with Gasteiger partial charge in [0.25, 0.3) is 0 Å². The second-order valence-electron chi connectivity index (χ2n) is 6.08. The number of hydrogen-bond acceptors (Lipinski definition) is 2. The van der Waals surface area contributed by atoms with Crippen molar-refractivity contribution in [3.05, 3.63) is 83.9 Å². The SMILES string of the molecule is C=C(/C=C\C(=C)C(=C)CCC)NC=O.CC.CN1Cc2ccc(F)cc2C1. The summed E-state index contributed by atoms with van der Waals surface area (Å²) < 4.78 is 12.7. The lowest BCUT2D eigenvalue weighted by Crippen LogP contribution is -2.07. The van der Waals surface area contributed by atoms with E-state index in [9.17, 15) is 9.18 Å². The van der Waals surface area contributed by atoms with Crippen molar-refractivity contribution in [2.75, 3.05) is 7.05 Å². The van der Waals surface area contributed by atoms with Gasteiger partial charge in [0.2, 0.25) is 6.41 Å². The van der Waals surface area contributed by atoms with Crippen molar-refractivity contribution in [1.82, 2.24) is 10.2 Å². The average molecular weight is 373 g/mol. The molecule has 1 amide bonds. The number of nitrogens with one attached hydrogen (secondary N) is 1. The number of allylic oxidation sites excluding steroid dienone is 4. The number of benzene rings is 1. The van der Waals surface area contributed by atoms with Crippen LogP contribution in [-0.4, -0.2) is 18.4 Å². The third kappa shape index (κ3) is 9.71. The van der Waals surface area contributed by atoms with Gasteiger partial charge in [-0.3, -0.25) is 9.69 Å². The Kier molecular flexibility index (Phi) is 12.5. The maximum Gasteiger partial charge on any atom is 0.211 e. The van der Waals surface area contributed by atoms with E-state index in [4.69, 9.17) is 0 Å². The summed E-state index contributed by atoms with van der Waals surface area (Å²) in [5.41, 5.74) is 4.83. The van der Waals surface area contributed by atoms with Gasteiger partial charge >= 0.3 is 0 Å². The Labute approximate surface area is 164 Å². The Balaban J connectivity index is 0.000000465. The van der Waals surface area contributed by atoms with Crippen molar-refractivity contribution in [2.45, 2.75) is 46.7 Å². The van der Waals surface area contributed by atoms with Gasteiger partial charge in [0, 0.05) is 18.8 Å². The number of rotatable bonds is 7. The van der Waals surface area contributed by atoms with Crippen molar-refractivity contribution in [2.24, 2.45) is 0 Å². The van der Waals surface area contributed by atoms with Crippen LogP contribution in [0.1, 0.15) is 44.7 Å². The Morgan fingerprint density at radius 2 is 1.81 bits per heavy atom. The number of hydrogen-bond donors (Lipinski definition) is 1. The molecule has 0 saturated heterocycles. The number of carbonyl (C=O) groups is 1. The highest BCUT2D eigenvalue weighted by Gasteiger charge is 2.14. The molecule has 0 saturated carbocycles. The Bertz CT molecular complexity index is 677. The Morgan fingerprint density at radius 1 is 1.19 bits per heavy atom. The number of carbonyl (C=O) groups excluding carboxylic acids is 1. The molecule has 0 radical (unpaired) electrons. The molecule has 3 nitrogen and oxygen atoms in total. The van der Waals surface area contributed by atoms with Crippen LogP contribution in [0.5, 0.6) is 0 Å². The van der Waals surface area contributed by atoms with Crippen LogP contribution in [0.15, 0.2) is 66.9 Å². The van der Waals surface area contributed by atoms with Crippen molar-refractivity contribution in [3.63, 3.8) is 0 Å². The summed E-state index contributed by atoms with van der Waals surface area (Å²) in [6.45, 7) is 19.3. The van der Waals surface area contributed by atoms with E-state index in [-0.39, 0.29) is 5.82 Å². The normalized spacial score (nSPS) is 12.2. The van der Waals surface area contributed by atoms with Crippen molar-refractivity contribution < 1.29 is 9.18 Å². The highest BCUT2D eigenvalue weighted by Crippen LogP contribution is 2.21. The van der Waals surface area contributed by atoms with Gasteiger partial charge in [0.05, 0.1) is 0 Å². The molecule has 0 aliphatic carbocycles. The average Bonchev–Trinajstić information content (AvgIpc) is 3.01. The maximum atomic E-state index is 12.7. The monoisotopic (exact) mass is 372 g/mol. The maximum absolute atomic E-state index is 12.7. The lowest BCUT2D eigenvalue weighted by Gasteiger charge is -2.02. The molecule has 0 bridgehead atoms. The fraction of sp³-hybridized carbons (Fsp3) is 0.348. The molecule has 1 aromatic rings. The highest BCUT2D eigenvalue weighted by molar-refractivity contribution is 5.52. The molecule has 4 heteroatoms. The molecular weight excluding hydrogens is 339 g/mol. The number of nitrogens with zero attached hydrogens (tertiary/aromatic N) is 1. The minimum Gasteiger partial charge on any atom is -0.329 e. The molecule has 1 aromatic carbocycles. The van der Waals surface area contributed by atoms with E-state index in [2.05, 4.69) is 36.9 Å². The molecule has 1 heterocycles. The molecule has 0 atom stereocenters. The topological polar surface area (TPSA) is 32.3 Å². The minimum absolute atomic E-state index is 0.126. The molecule has 148 valence electrons. The molecule has 0 fully saturated rings. The minimum atomic E-state index is -0.126. The van der Waals surface area contributed by atoms with E-state index >= 15 is 0 Å². The zero-order valence-electron chi connectivity index (χ0n) is 17.1. The molecule has 27 heavy (non-hydrogen) atoms. The molecule has 1 N–H and O–H groups in total. The van der Waals surface area contributed by atoms with Gasteiger partial charge in [0.1, 0.15) is 5.82 Å². The number of fused-ring (bicyclic) bond motifs is 1. The van der Waals surface area contributed by atoms with Crippen LogP contribution < -0.4 is 5.32 Å². The van der Waals surface area contributed by atoms with Crippen LogP contribution in [0.25, 0.3) is 0 Å². The molecular formula is C23H33FN2O. The zero-order valence-corrected chi connectivity index (χ0v) is 17.1. The molecule has 0 unspecified atom stereocenters. The molecule has 1 aliphatic heterocycles. The predicted molar refractivity (Wildman–Crippen MR) is 114 cm³/mol. The van der Waals surface area contributed by atoms with Gasteiger partial charge < -0.3 is 5.32 Å². The fourth-order valence-electron chi connectivity index (χ4n) is 2.44. The summed E-state index contributed by atoms with van der Waals surface area (Å²) >= 11 is 0. The van der Waals surface area contributed by atoms with Crippen LogP contribution in [0.3, 0.4) is 0 Å². The van der Waals surface area contributed by atoms with Crippen molar-refractivity contribution in [1.29, 1.82) is 0 Å². The van der Waals surface area contributed by atoms with E-state index in [0.717, 1.165) is 42.6 Å². The van der Waals surface area contributed by atoms with E-state index in [1.807, 2.05) is 27.0 Å². The van der Waals surface area contributed by atoms with E-state index < -0.39 is 0 Å². The summed E-state index contributed by atoms with van der Waals surface area (Å²) in [6.07, 6.45) is 6.10. The lowest BCUT2D eigenvalue weighted by molar-refractivity contribution is -0.108. The van der Waals surface area contributed by atoms with Crippen molar-refractivity contribution in [3.8, 4) is 0 Å². The second-order valence-corrected chi connectivity index (χ2v) is 6.08. The largest absolute Gasteiger partial charge is 0.329 e. The first-order valence-corrected chi connectivity index (χ1v) is 9.27. The van der Waals surface area contributed by atoms with E-state index in [1.54, 1.807) is 18.2 Å².